The van der Waals surface area contributed by atoms with Gasteiger partial charge in [-0.25, -0.2) is 15.0 Å². The van der Waals surface area contributed by atoms with Crippen molar-refractivity contribution >= 4 is 11.6 Å². The molecule has 0 saturated carbocycles. The van der Waals surface area contributed by atoms with Crippen LogP contribution in [0.15, 0.2) is 16.9 Å². The molecule has 0 saturated heterocycles. The predicted molar refractivity (Wildman–Crippen MR) is 69.1 cm³/mol. The van der Waals surface area contributed by atoms with Gasteiger partial charge in [0, 0.05) is 5.56 Å². The van der Waals surface area contributed by atoms with E-state index in [4.69, 9.17) is 10.2 Å². The van der Waals surface area contributed by atoms with Gasteiger partial charge in [0.15, 0.2) is 0 Å². The molecule has 0 radical (unpaired) electrons. The van der Waals surface area contributed by atoms with Crippen molar-refractivity contribution in [3.8, 4) is 0 Å². The molecule has 0 aliphatic carbocycles. The largest absolute Gasteiger partial charge is 0.444 e. The highest BCUT2D eigenvalue weighted by Crippen LogP contribution is 2.23. The first-order valence-corrected chi connectivity index (χ1v) is 5.90. The molecule has 0 amide bonds. The third-order valence-corrected chi connectivity index (χ3v) is 2.70. The van der Waals surface area contributed by atoms with Gasteiger partial charge < -0.3 is 15.5 Å². The maximum absolute atomic E-state index is 5.82. The smallest absolute Gasteiger partial charge is 0.216 e. The molecule has 1 unspecified atom stereocenters. The predicted octanol–water partition coefficient (Wildman–Crippen LogP) is 2.09. The highest BCUT2D eigenvalue weighted by molar-refractivity contribution is 5.55. The van der Waals surface area contributed by atoms with Crippen LogP contribution in [0.5, 0.6) is 0 Å². The summed E-state index contributed by atoms with van der Waals surface area (Å²) in [5, 5.41) is 3.24. The molecule has 6 heteroatoms. The van der Waals surface area contributed by atoms with E-state index >= 15 is 0 Å². The van der Waals surface area contributed by atoms with Crippen LogP contribution in [0.3, 0.4) is 0 Å². The quantitative estimate of drug-likeness (QED) is 0.859. The maximum Gasteiger partial charge on any atom is 0.216 e. The Morgan fingerprint density at radius 1 is 1.39 bits per heavy atom. The van der Waals surface area contributed by atoms with Gasteiger partial charge in [-0.2, -0.15) is 0 Å². The molecular weight excluding hydrogens is 230 g/mol. The Bertz CT molecular complexity index is 537. The standard InChI is InChI=1S/C12H17N5O/c1-4-9-10(13)15-6-16-11(9)17-8(3)12-14-5-7(2)18-12/h5-6,8H,4H2,1-3H3,(H3,13,15,16,17). The van der Waals surface area contributed by atoms with Crippen LogP contribution in [0, 0.1) is 6.92 Å². The molecule has 2 rings (SSSR count). The van der Waals surface area contributed by atoms with Gasteiger partial charge in [0.05, 0.1) is 6.20 Å². The molecule has 0 aliphatic rings. The number of hydrogen-bond donors (Lipinski definition) is 2. The molecule has 0 aromatic carbocycles. The molecule has 1 atom stereocenters. The number of nitrogens with one attached hydrogen (secondary N) is 1. The Labute approximate surface area is 106 Å². The lowest BCUT2D eigenvalue weighted by Crippen LogP contribution is -2.12. The molecule has 0 fully saturated rings. The third-order valence-electron chi connectivity index (χ3n) is 2.70. The van der Waals surface area contributed by atoms with E-state index in [0.29, 0.717) is 11.7 Å². The molecule has 2 aromatic rings. The number of nitrogens with zero attached hydrogens (tertiary/aromatic N) is 3. The highest BCUT2D eigenvalue weighted by atomic mass is 16.4. The minimum atomic E-state index is -0.0710. The number of nitrogens with two attached hydrogens (primary N) is 1. The molecule has 2 heterocycles. The maximum atomic E-state index is 5.82. The summed E-state index contributed by atoms with van der Waals surface area (Å²) in [5.74, 6) is 2.66. The Balaban J connectivity index is 2.21. The second kappa shape index (κ2) is 5.03. The van der Waals surface area contributed by atoms with E-state index in [0.717, 1.165) is 23.6 Å². The van der Waals surface area contributed by atoms with Gasteiger partial charge in [0.2, 0.25) is 5.89 Å². The van der Waals surface area contributed by atoms with Gasteiger partial charge in [-0.05, 0) is 20.3 Å². The number of oxazole rings is 1. The van der Waals surface area contributed by atoms with Crippen LogP contribution in [0.25, 0.3) is 0 Å². The summed E-state index contributed by atoms with van der Waals surface area (Å²) in [7, 11) is 0. The van der Waals surface area contributed by atoms with Gasteiger partial charge in [-0.1, -0.05) is 6.92 Å². The van der Waals surface area contributed by atoms with Crippen molar-refractivity contribution < 1.29 is 4.42 Å². The van der Waals surface area contributed by atoms with Crippen LogP contribution >= 0.6 is 0 Å². The van der Waals surface area contributed by atoms with E-state index < -0.39 is 0 Å². The molecule has 6 nitrogen and oxygen atoms in total. The first kappa shape index (κ1) is 12.3. The Morgan fingerprint density at radius 3 is 2.78 bits per heavy atom. The van der Waals surface area contributed by atoms with E-state index in [9.17, 15) is 0 Å². The molecule has 3 N–H and O–H groups in total. The zero-order valence-corrected chi connectivity index (χ0v) is 10.8. The molecule has 96 valence electrons. The van der Waals surface area contributed by atoms with Crippen molar-refractivity contribution in [1.82, 2.24) is 15.0 Å². The van der Waals surface area contributed by atoms with Gasteiger partial charge in [0.25, 0.3) is 0 Å². The summed E-state index contributed by atoms with van der Waals surface area (Å²) in [6.45, 7) is 5.84. The monoisotopic (exact) mass is 247 g/mol. The van der Waals surface area contributed by atoms with Gasteiger partial charge in [0.1, 0.15) is 29.8 Å². The van der Waals surface area contributed by atoms with Crippen molar-refractivity contribution in [2.45, 2.75) is 33.2 Å². The summed E-state index contributed by atoms with van der Waals surface area (Å²) in [6, 6.07) is -0.0710. The minimum Gasteiger partial charge on any atom is -0.444 e. The van der Waals surface area contributed by atoms with Crippen LogP contribution < -0.4 is 11.1 Å². The van der Waals surface area contributed by atoms with Crippen LogP contribution in [0.1, 0.15) is 37.1 Å². The topological polar surface area (TPSA) is 89.9 Å². The second-order valence-corrected chi connectivity index (χ2v) is 4.11. The molecular formula is C12H17N5O. The number of hydrogen-bond acceptors (Lipinski definition) is 6. The lowest BCUT2D eigenvalue weighted by atomic mass is 10.2. The van der Waals surface area contributed by atoms with E-state index in [1.54, 1.807) is 6.20 Å². The molecule has 0 aliphatic heterocycles. The first-order chi connectivity index (χ1) is 8.61. The minimum absolute atomic E-state index is 0.0710. The average molecular weight is 247 g/mol. The van der Waals surface area contributed by atoms with Crippen LogP contribution in [0.2, 0.25) is 0 Å². The van der Waals surface area contributed by atoms with Crippen LogP contribution in [-0.2, 0) is 6.42 Å². The summed E-state index contributed by atoms with van der Waals surface area (Å²) >= 11 is 0. The van der Waals surface area contributed by atoms with E-state index in [2.05, 4.69) is 20.3 Å². The van der Waals surface area contributed by atoms with Crippen molar-refractivity contribution in [2.75, 3.05) is 11.1 Å². The Morgan fingerprint density at radius 2 is 2.17 bits per heavy atom. The average Bonchev–Trinajstić information content (AvgIpc) is 2.76. The normalized spacial score (nSPS) is 12.4. The van der Waals surface area contributed by atoms with E-state index in [1.165, 1.54) is 6.33 Å². The van der Waals surface area contributed by atoms with Crippen molar-refractivity contribution in [3.05, 3.63) is 29.7 Å². The van der Waals surface area contributed by atoms with Crippen molar-refractivity contribution in [1.29, 1.82) is 0 Å². The lowest BCUT2D eigenvalue weighted by Gasteiger charge is -2.14. The Kier molecular flexibility index (Phi) is 3.45. The van der Waals surface area contributed by atoms with Gasteiger partial charge in [-0.3, -0.25) is 0 Å². The fraction of sp³-hybridized carbons (Fsp3) is 0.417. The number of nitrogen functional groups attached to an aromatic ring is 1. The van der Waals surface area contributed by atoms with Crippen LogP contribution in [-0.4, -0.2) is 15.0 Å². The summed E-state index contributed by atoms with van der Waals surface area (Å²) in [5.41, 5.74) is 6.73. The first-order valence-electron chi connectivity index (χ1n) is 5.90. The lowest BCUT2D eigenvalue weighted by molar-refractivity contribution is 0.453. The van der Waals surface area contributed by atoms with E-state index in [1.807, 2.05) is 20.8 Å². The summed E-state index contributed by atoms with van der Waals surface area (Å²) < 4.78 is 5.47. The number of rotatable bonds is 4. The van der Waals surface area contributed by atoms with Crippen molar-refractivity contribution in [2.24, 2.45) is 0 Å². The molecule has 2 aromatic heterocycles. The van der Waals surface area contributed by atoms with Crippen LogP contribution in [0.4, 0.5) is 11.6 Å². The van der Waals surface area contributed by atoms with Crippen molar-refractivity contribution in [3.63, 3.8) is 0 Å². The van der Waals surface area contributed by atoms with Gasteiger partial charge >= 0.3 is 0 Å². The highest BCUT2D eigenvalue weighted by Gasteiger charge is 2.14. The number of aryl methyl sites for hydroxylation is 1. The molecule has 0 bridgehead atoms. The molecule has 18 heavy (non-hydrogen) atoms. The SMILES string of the molecule is CCc1c(N)ncnc1NC(C)c1ncc(C)o1. The number of anilines is 2. The zero-order valence-electron chi connectivity index (χ0n) is 10.8. The zero-order chi connectivity index (χ0) is 13.1. The number of aromatic nitrogens is 3. The van der Waals surface area contributed by atoms with Gasteiger partial charge in [-0.15, -0.1) is 0 Å². The molecule has 0 spiro atoms. The fourth-order valence-corrected chi connectivity index (χ4v) is 1.74. The summed E-state index contributed by atoms with van der Waals surface area (Å²) in [4.78, 5) is 12.4. The third kappa shape index (κ3) is 2.42. The summed E-state index contributed by atoms with van der Waals surface area (Å²) in [6.07, 6.45) is 3.92. The van der Waals surface area contributed by atoms with E-state index in [-0.39, 0.29) is 6.04 Å². The second-order valence-electron chi connectivity index (χ2n) is 4.11. The Hall–Kier alpha value is -2.11. The fourth-order valence-electron chi connectivity index (χ4n) is 1.74.